The van der Waals surface area contributed by atoms with Crippen LogP contribution in [0.3, 0.4) is 0 Å². The summed E-state index contributed by atoms with van der Waals surface area (Å²) in [6.45, 7) is 2.72. The molecule has 1 aliphatic rings. The molecular formula is C25H19N3O. The Morgan fingerprint density at radius 2 is 1.41 bits per heavy atom. The summed E-state index contributed by atoms with van der Waals surface area (Å²) in [7, 11) is 0. The average molecular weight is 377 g/mol. The van der Waals surface area contributed by atoms with Gasteiger partial charge in [0, 0.05) is 22.2 Å². The minimum absolute atomic E-state index is 0.694. The number of fused-ring (bicyclic) bond motifs is 4. The topological polar surface area (TPSA) is 32.5 Å². The van der Waals surface area contributed by atoms with Crippen molar-refractivity contribution in [2.45, 2.75) is 6.92 Å². The van der Waals surface area contributed by atoms with Crippen LogP contribution in [0, 0.1) is 6.92 Å². The normalized spacial score (nSPS) is 13.4. The largest absolute Gasteiger partial charge is 0.435 e. The van der Waals surface area contributed by atoms with Crippen molar-refractivity contribution in [1.29, 1.82) is 0 Å². The van der Waals surface area contributed by atoms with Gasteiger partial charge in [0.2, 0.25) is 5.71 Å². The molecule has 0 aliphatic carbocycles. The third-order valence-electron chi connectivity index (χ3n) is 5.59. The SMILES string of the molecule is Cc1ccc2c(n1)oc1c(N3CN(c4ccccc4)c4ccccc43)cccc12. The first-order valence-corrected chi connectivity index (χ1v) is 9.78. The van der Waals surface area contributed by atoms with Gasteiger partial charge in [-0.25, -0.2) is 4.98 Å². The molecule has 0 radical (unpaired) electrons. The number of hydrogen-bond acceptors (Lipinski definition) is 4. The molecule has 0 unspecified atom stereocenters. The summed E-state index contributed by atoms with van der Waals surface area (Å²) in [4.78, 5) is 9.24. The monoisotopic (exact) mass is 377 g/mol. The van der Waals surface area contributed by atoms with E-state index in [0.29, 0.717) is 5.71 Å². The van der Waals surface area contributed by atoms with E-state index in [9.17, 15) is 0 Å². The molecule has 4 nitrogen and oxygen atoms in total. The van der Waals surface area contributed by atoms with Gasteiger partial charge in [0.05, 0.1) is 17.1 Å². The maximum absolute atomic E-state index is 6.26. The van der Waals surface area contributed by atoms with Gasteiger partial charge in [-0.2, -0.15) is 0 Å². The van der Waals surface area contributed by atoms with Crippen molar-refractivity contribution >= 4 is 44.8 Å². The summed E-state index contributed by atoms with van der Waals surface area (Å²) in [6.07, 6.45) is 0. The van der Waals surface area contributed by atoms with E-state index >= 15 is 0 Å². The molecule has 140 valence electrons. The second kappa shape index (κ2) is 6.11. The molecule has 0 atom stereocenters. The van der Waals surface area contributed by atoms with Crippen molar-refractivity contribution in [3.05, 3.63) is 90.6 Å². The highest BCUT2D eigenvalue weighted by atomic mass is 16.3. The number of aryl methyl sites for hydroxylation is 1. The minimum Gasteiger partial charge on any atom is -0.435 e. The Morgan fingerprint density at radius 3 is 2.24 bits per heavy atom. The fourth-order valence-electron chi connectivity index (χ4n) is 4.22. The zero-order valence-electron chi connectivity index (χ0n) is 16.0. The Bertz CT molecular complexity index is 1360. The van der Waals surface area contributed by atoms with E-state index in [-0.39, 0.29) is 0 Å². The average Bonchev–Trinajstić information content (AvgIpc) is 3.32. The maximum Gasteiger partial charge on any atom is 0.227 e. The van der Waals surface area contributed by atoms with Crippen LogP contribution in [-0.2, 0) is 0 Å². The lowest BCUT2D eigenvalue weighted by Gasteiger charge is -2.22. The Balaban J connectivity index is 1.55. The molecule has 1 aliphatic heterocycles. The second-order valence-electron chi connectivity index (χ2n) is 7.38. The molecule has 0 N–H and O–H groups in total. The fraction of sp³-hybridized carbons (Fsp3) is 0.0800. The van der Waals surface area contributed by atoms with Crippen molar-refractivity contribution < 1.29 is 4.42 Å². The van der Waals surface area contributed by atoms with Crippen LogP contribution in [0.4, 0.5) is 22.7 Å². The van der Waals surface area contributed by atoms with Gasteiger partial charge < -0.3 is 14.2 Å². The van der Waals surface area contributed by atoms with Gasteiger partial charge in [0.1, 0.15) is 6.67 Å². The van der Waals surface area contributed by atoms with E-state index < -0.39 is 0 Å². The highest BCUT2D eigenvalue weighted by Crippen LogP contribution is 2.46. The number of anilines is 4. The molecule has 0 amide bonds. The van der Waals surface area contributed by atoms with E-state index in [1.54, 1.807) is 0 Å². The van der Waals surface area contributed by atoms with Crippen molar-refractivity contribution in [3.8, 4) is 0 Å². The molecule has 3 aromatic carbocycles. The summed E-state index contributed by atoms with van der Waals surface area (Å²) >= 11 is 0. The highest BCUT2D eigenvalue weighted by Gasteiger charge is 2.29. The van der Waals surface area contributed by atoms with Gasteiger partial charge in [-0.3, -0.25) is 0 Å². The number of para-hydroxylation sites is 4. The van der Waals surface area contributed by atoms with Crippen LogP contribution in [-0.4, -0.2) is 11.7 Å². The van der Waals surface area contributed by atoms with Crippen LogP contribution in [0.15, 0.2) is 89.3 Å². The summed E-state index contributed by atoms with van der Waals surface area (Å²) in [6, 6.07) is 29.5. The van der Waals surface area contributed by atoms with Crippen molar-refractivity contribution in [3.63, 3.8) is 0 Å². The predicted octanol–water partition coefficient (Wildman–Crippen LogP) is 6.54. The third kappa shape index (κ3) is 2.42. The van der Waals surface area contributed by atoms with Crippen LogP contribution < -0.4 is 9.80 Å². The van der Waals surface area contributed by atoms with Crippen LogP contribution >= 0.6 is 0 Å². The first-order valence-electron chi connectivity index (χ1n) is 9.78. The number of hydrogen-bond donors (Lipinski definition) is 0. The minimum atomic E-state index is 0.694. The van der Waals surface area contributed by atoms with Gasteiger partial charge in [-0.05, 0) is 49.4 Å². The number of rotatable bonds is 2. The van der Waals surface area contributed by atoms with Gasteiger partial charge in [-0.15, -0.1) is 0 Å². The second-order valence-corrected chi connectivity index (χ2v) is 7.38. The molecule has 0 saturated heterocycles. The first-order chi connectivity index (χ1) is 14.3. The molecule has 0 saturated carbocycles. The molecular weight excluding hydrogens is 358 g/mol. The van der Waals surface area contributed by atoms with Crippen LogP contribution in [0.25, 0.3) is 22.1 Å². The van der Waals surface area contributed by atoms with E-state index in [1.165, 1.54) is 17.1 Å². The van der Waals surface area contributed by atoms with E-state index in [0.717, 1.165) is 34.4 Å². The quantitative estimate of drug-likeness (QED) is 0.350. The molecule has 0 spiro atoms. The van der Waals surface area contributed by atoms with Crippen LogP contribution in [0.5, 0.6) is 0 Å². The van der Waals surface area contributed by atoms with Gasteiger partial charge in [-0.1, -0.05) is 42.5 Å². The Labute approximate surface area is 168 Å². The van der Waals surface area contributed by atoms with Gasteiger partial charge in [0.15, 0.2) is 5.58 Å². The third-order valence-corrected chi connectivity index (χ3v) is 5.59. The standard InChI is InChI=1S/C25H19N3O/c1-17-14-15-20-19-10-7-13-23(24(19)29-25(20)26-17)28-16-27(18-8-3-2-4-9-18)21-11-5-6-12-22(21)28/h2-15H,16H2,1H3. The van der Waals surface area contributed by atoms with Crippen LogP contribution in [0.2, 0.25) is 0 Å². The summed E-state index contributed by atoms with van der Waals surface area (Å²) in [5, 5.41) is 2.15. The molecule has 0 fully saturated rings. The number of furan rings is 1. The zero-order valence-corrected chi connectivity index (χ0v) is 16.0. The molecule has 2 aromatic heterocycles. The number of pyridine rings is 1. The summed E-state index contributed by atoms with van der Waals surface area (Å²) in [5.41, 5.74) is 7.14. The highest BCUT2D eigenvalue weighted by molar-refractivity contribution is 6.09. The molecule has 29 heavy (non-hydrogen) atoms. The first kappa shape index (κ1) is 16.2. The Kier molecular flexibility index (Phi) is 3.41. The smallest absolute Gasteiger partial charge is 0.227 e. The maximum atomic E-state index is 6.26. The van der Waals surface area contributed by atoms with Crippen LogP contribution in [0.1, 0.15) is 5.69 Å². The van der Waals surface area contributed by atoms with Crippen molar-refractivity contribution in [2.75, 3.05) is 16.5 Å². The fourth-order valence-corrected chi connectivity index (χ4v) is 4.22. The number of nitrogens with zero attached hydrogens (tertiary/aromatic N) is 3. The van der Waals surface area contributed by atoms with E-state index in [4.69, 9.17) is 4.42 Å². The zero-order chi connectivity index (χ0) is 19.4. The lowest BCUT2D eigenvalue weighted by atomic mass is 10.1. The molecule has 4 heteroatoms. The molecule has 3 heterocycles. The van der Waals surface area contributed by atoms with Gasteiger partial charge in [0.25, 0.3) is 0 Å². The van der Waals surface area contributed by atoms with E-state index in [2.05, 4.69) is 87.6 Å². The lowest BCUT2D eigenvalue weighted by molar-refractivity contribution is 0.652. The molecule has 0 bridgehead atoms. The number of benzene rings is 3. The van der Waals surface area contributed by atoms with Crippen molar-refractivity contribution in [2.24, 2.45) is 0 Å². The Morgan fingerprint density at radius 1 is 0.690 bits per heavy atom. The molecule has 5 aromatic rings. The molecule has 6 rings (SSSR count). The van der Waals surface area contributed by atoms with Crippen molar-refractivity contribution in [1.82, 2.24) is 4.98 Å². The summed E-state index contributed by atoms with van der Waals surface area (Å²) in [5.74, 6) is 0. The lowest BCUT2D eigenvalue weighted by Crippen LogP contribution is -2.23. The Hall–Kier alpha value is -3.79. The number of aromatic nitrogens is 1. The van der Waals surface area contributed by atoms with E-state index in [1.807, 2.05) is 19.1 Å². The summed E-state index contributed by atoms with van der Waals surface area (Å²) < 4.78 is 6.26. The predicted molar refractivity (Wildman–Crippen MR) is 118 cm³/mol. The van der Waals surface area contributed by atoms with Gasteiger partial charge >= 0.3 is 0 Å².